The van der Waals surface area contributed by atoms with Crippen molar-refractivity contribution in [2.45, 2.75) is 43.8 Å². The number of benzene rings is 3. The lowest BCUT2D eigenvalue weighted by Gasteiger charge is -2.24. The molecule has 5 rings (SSSR count). The molecule has 2 aliphatic carbocycles. The summed E-state index contributed by atoms with van der Waals surface area (Å²) in [5.74, 6) is 0.114. The summed E-state index contributed by atoms with van der Waals surface area (Å²) in [4.78, 5) is 14.9. The summed E-state index contributed by atoms with van der Waals surface area (Å²) in [5.41, 5.74) is 9.81. The quantitative estimate of drug-likeness (QED) is 0.218. The number of hydrogen-bond donors (Lipinski definition) is 2. The molecular weight excluding hydrogens is 499 g/mol. The Morgan fingerprint density at radius 2 is 1.77 bits per heavy atom. The summed E-state index contributed by atoms with van der Waals surface area (Å²) in [6.07, 6.45) is 0.819. The Labute approximate surface area is 227 Å². The van der Waals surface area contributed by atoms with Crippen LogP contribution in [0.5, 0.6) is 0 Å². The Morgan fingerprint density at radius 1 is 1.08 bits per heavy atom. The van der Waals surface area contributed by atoms with E-state index in [0.29, 0.717) is 11.4 Å². The van der Waals surface area contributed by atoms with E-state index in [1.165, 1.54) is 28.9 Å². The van der Waals surface area contributed by atoms with E-state index in [9.17, 15) is 18.0 Å². The van der Waals surface area contributed by atoms with Crippen LogP contribution < -0.4 is 16.0 Å². The number of carbonyl (C=O) groups excluding carboxylic acids is 1. The fourth-order valence-electron chi connectivity index (χ4n) is 5.33. The number of alkyl halides is 3. The highest BCUT2D eigenvalue weighted by molar-refractivity contribution is 6.06. The number of nitrogens with zero attached hydrogens (tertiary/aromatic N) is 1. The van der Waals surface area contributed by atoms with Crippen LogP contribution in [0.4, 0.5) is 24.5 Å². The molecule has 3 aromatic carbocycles. The molecule has 3 N–H and O–H groups in total. The molecule has 0 unspecified atom stereocenters. The van der Waals surface area contributed by atoms with Crippen LogP contribution >= 0.6 is 0 Å². The molecule has 202 valence electrons. The molecule has 7 heteroatoms. The second-order valence-electron chi connectivity index (χ2n) is 10.5. The molecule has 39 heavy (non-hydrogen) atoms. The van der Waals surface area contributed by atoms with E-state index in [-0.39, 0.29) is 17.7 Å². The van der Waals surface area contributed by atoms with E-state index in [1.54, 1.807) is 31.3 Å². The van der Waals surface area contributed by atoms with Crippen molar-refractivity contribution in [3.05, 3.63) is 119 Å². The smallest absolute Gasteiger partial charge is 0.340 e. The molecule has 1 saturated carbocycles. The molecule has 0 bridgehead atoms. The summed E-state index contributed by atoms with van der Waals surface area (Å²) in [7, 11) is 1.55. The zero-order valence-electron chi connectivity index (χ0n) is 21.9. The Hall–Kier alpha value is -3.84. The second-order valence-corrected chi connectivity index (χ2v) is 10.5. The number of rotatable bonds is 10. The molecule has 0 aromatic heterocycles. The van der Waals surface area contributed by atoms with Gasteiger partial charge in [0.25, 0.3) is 5.91 Å². The largest absolute Gasteiger partial charge is 0.415 e. The van der Waals surface area contributed by atoms with Gasteiger partial charge in [0.15, 0.2) is 0 Å². The highest BCUT2D eigenvalue weighted by Gasteiger charge is 2.51. The summed E-state index contributed by atoms with van der Waals surface area (Å²) < 4.78 is 40.3. The number of likely N-dealkylation sites (N-methyl/N-ethyl adjacent to an activating group) is 1. The zero-order chi connectivity index (χ0) is 27.8. The minimum absolute atomic E-state index is 0.171. The van der Waals surface area contributed by atoms with E-state index in [0.717, 1.165) is 36.0 Å². The number of nitrogens with one attached hydrogen (secondary N) is 1. The van der Waals surface area contributed by atoms with E-state index >= 15 is 0 Å². The van der Waals surface area contributed by atoms with Crippen LogP contribution in [0.25, 0.3) is 0 Å². The summed E-state index contributed by atoms with van der Waals surface area (Å²) >= 11 is 0. The number of fused-ring (bicyclic) bond motifs is 1. The average molecular weight is 532 g/mol. The van der Waals surface area contributed by atoms with Gasteiger partial charge in [-0.3, -0.25) is 4.79 Å². The van der Waals surface area contributed by atoms with E-state index < -0.39 is 17.7 Å². The average Bonchev–Trinajstić information content (AvgIpc) is 3.85. The van der Waals surface area contributed by atoms with Crippen molar-refractivity contribution in [3.63, 3.8) is 0 Å². The van der Waals surface area contributed by atoms with Gasteiger partial charge in [-0.05, 0) is 71.4 Å². The van der Waals surface area contributed by atoms with Crippen LogP contribution in [0, 0.1) is 5.92 Å². The van der Waals surface area contributed by atoms with E-state index in [2.05, 4.69) is 30.1 Å². The van der Waals surface area contributed by atoms with Crippen LogP contribution in [0.2, 0.25) is 0 Å². The third kappa shape index (κ3) is 5.50. The SMILES string of the molecule is C=C(/C=C(/C(=O)Nc1cccc(C2(CCC3CC3)c3ccccc32)c1)N(C)c1cccc(CN)c1)C(F)(F)F. The molecule has 1 fully saturated rings. The number of halogens is 3. The van der Waals surface area contributed by atoms with Gasteiger partial charge in [-0.1, -0.05) is 68.0 Å². The van der Waals surface area contributed by atoms with Crippen LogP contribution in [0.1, 0.15) is 47.9 Å². The normalized spacial score (nSPS) is 15.9. The van der Waals surface area contributed by atoms with Crippen molar-refractivity contribution in [2.75, 3.05) is 17.3 Å². The predicted molar refractivity (Wildman–Crippen MR) is 149 cm³/mol. The van der Waals surface area contributed by atoms with Crippen molar-refractivity contribution in [3.8, 4) is 0 Å². The van der Waals surface area contributed by atoms with E-state index in [1.807, 2.05) is 30.3 Å². The summed E-state index contributed by atoms with van der Waals surface area (Å²) in [6, 6.07) is 23.1. The fourth-order valence-corrected chi connectivity index (χ4v) is 5.33. The Bertz CT molecular complexity index is 1420. The van der Waals surface area contributed by atoms with Crippen LogP contribution in [-0.2, 0) is 16.8 Å². The standard InChI is InChI=1S/C32H32F3N3O/c1-21(32(33,34)35)17-29(38(2)26-10-5-7-23(18-26)20-36)30(39)37-25-9-6-8-24(19-25)31(16-15-22-13-14-22)27-11-3-4-12-28(27)31/h3-12,17-19,22H,1,13-16,20,36H2,2H3,(H,37,39)/b29-17-. The van der Waals surface area contributed by atoms with Crippen LogP contribution in [0.15, 0.2) is 96.7 Å². The monoisotopic (exact) mass is 531 g/mol. The Kier molecular flexibility index (Phi) is 7.12. The molecular formula is C32H32F3N3O. The minimum Gasteiger partial charge on any atom is -0.340 e. The first-order valence-electron chi connectivity index (χ1n) is 13.2. The number of carbonyl (C=O) groups is 1. The first kappa shape index (κ1) is 26.8. The van der Waals surface area contributed by atoms with Gasteiger partial charge in [0, 0.05) is 30.4 Å². The van der Waals surface area contributed by atoms with Crippen molar-refractivity contribution < 1.29 is 18.0 Å². The van der Waals surface area contributed by atoms with Crippen molar-refractivity contribution >= 4 is 17.3 Å². The number of allylic oxidation sites excluding steroid dienone is 2. The molecule has 4 nitrogen and oxygen atoms in total. The number of nitrogens with two attached hydrogens (primary N) is 1. The molecule has 2 aliphatic rings. The van der Waals surface area contributed by atoms with Gasteiger partial charge in [0.05, 0.1) is 5.57 Å². The van der Waals surface area contributed by atoms with Gasteiger partial charge in [0.1, 0.15) is 5.70 Å². The van der Waals surface area contributed by atoms with Gasteiger partial charge in [0.2, 0.25) is 0 Å². The maximum atomic E-state index is 13.5. The summed E-state index contributed by atoms with van der Waals surface area (Å²) in [5, 5.41) is 2.84. The lowest BCUT2D eigenvalue weighted by molar-refractivity contribution is -0.112. The zero-order valence-corrected chi connectivity index (χ0v) is 21.9. The molecule has 0 radical (unpaired) electrons. The van der Waals surface area contributed by atoms with Crippen LogP contribution in [-0.4, -0.2) is 19.1 Å². The molecule has 0 atom stereocenters. The second kappa shape index (κ2) is 10.4. The molecule has 0 aliphatic heterocycles. The highest BCUT2D eigenvalue weighted by atomic mass is 19.4. The minimum atomic E-state index is -4.67. The van der Waals surface area contributed by atoms with Crippen molar-refractivity contribution in [1.82, 2.24) is 0 Å². The molecule has 0 spiro atoms. The van der Waals surface area contributed by atoms with Gasteiger partial charge in [-0.15, -0.1) is 0 Å². The molecule has 1 amide bonds. The topological polar surface area (TPSA) is 58.4 Å². The lowest BCUT2D eigenvalue weighted by atomic mass is 9.85. The highest BCUT2D eigenvalue weighted by Crippen LogP contribution is 2.59. The predicted octanol–water partition coefficient (Wildman–Crippen LogP) is 7.06. The van der Waals surface area contributed by atoms with Gasteiger partial charge < -0.3 is 16.0 Å². The maximum absolute atomic E-state index is 13.5. The van der Waals surface area contributed by atoms with Crippen LogP contribution in [0.3, 0.4) is 0 Å². The van der Waals surface area contributed by atoms with Gasteiger partial charge in [-0.25, -0.2) is 0 Å². The Balaban J connectivity index is 1.44. The first-order valence-corrected chi connectivity index (χ1v) is 13.2. The van der Waals surface area contributed by atoms with Gasteiger partial charge >= 0.3 is 6.18 Å². The lowest BCUT2D eigenvalue weighted by Crippen LogP contribution is -2.29. The molecule has 0 saturated heterocycles. The first-order chi connectivity index (χ1) is 18.6. The molecule has 3 aromatic rings. The third-order valence-electron chi connectivity index (χ3n) is 7.82. The third-order valence-corrected chi connectivity index (χ3v) is 7.82. The van der Waals surface area contributed by atoms with Crippen molar-refractivity contribution in [1.29, 1.82) is 0 Å². The number of amides is 1. The fraction of sp³-hybridized carbons (Fsp3) is 0.281. The maximum Gasteiger partial charge on any atom is 0.415 e. The Morgan fingerprint density at radius 3 is 2.41 bits per heavy atom. The van der Waals surface area contributed by atoms with Crippen molar-refractivity contribution in [2.24, 2.45) is 11.7 Å². The van der Waals surface area contributed by atoms with E-state index in [4.69, 9.17) is 5.73 Å². The number of hydrogen-bond acceptors (Lipinski definition) is 3. The van der Waals surface area contributed by atoms with Gasteiger partial charge in [-0.2, -0.15) is 13.2 Å². The summed E-state index contributed by atoms with van der Waals surface area (Å²) in [6.45, 7) is 3.42. The number of anilines is 2. The molecule has 0 heterocycles.